The van der Waals surface area contributed by atoms with Gasteiger partial charge in [-0.15, -0.1) is 11.8 Å². The Balaban J connectivity index is 1.52. The van der Waals surface area contributed by atoms with E-state index in [0.717, 1.165) is 16.8 Å². The fourth-order valence-electron chi connectivity index (χ4n) is 4.51. The number of anilines is 2. The second-order valence-electron chi connectivity index (χ2n) is 8.06. The quantitative estimate of drug-likeness (QED) is 0.580. The zero-order valence-electron chi connectivity index (χ0n) is 19.0. The largest absolute Gasteiger partial charge is 0.497 e. The molecule has 1 N–H and O–H groups in total. The summed E-state index contributed by atoms with van der Waals surface area (Å²) in [6, 6.07) is 22.3. The molecule has 2 aliphatic rings. The maximum atomic E-state index is 14.1. The number of hydrogen-bond donors (Lipinski definition) is 1. The molecule has 34 heavy (non-hydrogen) atoms. The third kappa shape index (κ3) is 3.64. The van der Waals surface area contributed by atoms with Gasteiger partial charge in [0.05, 0.1) is 26.5 Å². The summed E-state index contributed by atoms with van der Waals surface area (Å²) in [5, 5.41) is 2.95. The van der Waals surface area contributed by atoms with Crippen molar-refractivity contribution >= 4 is 35.1 Å². The second kappa shape index (κ2) is 8.95. The monoisotopic (exact) mass is 475 g/mol. The third-order valence-electron chi connectivity index (χ3n) is 6.17. The van der Waals surface area contributed by atoms with E-state index in [1.54, 1.807) is 48.3 Å². The molecule has 1 spiro atoms. The van der Waals surface area contributed by atoms with Crippen molar-refractivity contribution in [1.29, 1.82) is 0 Å². The van der Waals surface area contributed by atoms with Gasteiger partial charge in [-0.2, -0.15) is 0 Å². The Bertz CT molecular complexity index is 1220. The van der Waals surface area contributed by atoms with E-state index in [2.05, 4.69) is 5.32 Å². The Morgan fingerprint density at radius 2 is 1.71 bits per heavy atom. The zero-order valence-corrected chi connectivity index (χ0v) is 19.8. The van der Waals surface area contributed by atoms with E-state index < -0.39 is 4.87 Å². The van der Waals surface area contributed by atoms with Gasteiger partial charge in [-0.3, -0.25) is 9.69 Å². The first-order valence-corrected chi connectivity index (χ1v) is 12.0. The third-order valence-corrected chi connectivity index (χ3v) is 7.59. The number of benzene rings is 3. The minimum atomic E-state index is -1.14. The number of rotatable bonds is 5. The van der Waals surface area contributed by atoms with Gasteiger partial charge in [-0.25, -0.2) is 4.79 Å². The van der Waals surface area contributed by atoms with Crippen LogP contribution in [-0.4, -0.2) is 43.4 Å². The van der Waals surface area contributed by atoms with Gasteiger partial charge in [-0.1, -0.05) is 30.3 Å². The molecule has 0 radical (unpaired) electrons. The minimum Gasteiger partial charge on any atom is -0.497 e. The first-order valence-electron chi connectivity index (χ1n) is 11.0. The average molecular weight is 476 g/mol. The molecule has 0 aliphatic carbocycles. The predicted octanol–water partition coefficient (Wildman–Crippen LogP) is 4.68. The van der Waals surface area contributed by atoms with Gasteiger partial charge in [0.15, 0.2) is 4.87 Å². The van der Waals surface area contributed by atoms with Crippen LogP contribution in [0.2, 0.25) is 0 Å². The summed E-state index contributed by atoms with van der Waals surface area (Å²) in [6.07, 6.45) is 0. The molecule has 3 aromatic rings. The van der Waals surface area contributed by atoms with Crippen LogP contribution in [0.15, 0.2) is 72.8 Å². The van der Waals surface area contributed by atoms with Crippen molar-refractivity contribution in [2.75, 3.05) is 36.7 Å². The van der Waals surface area contributed by atoms with Crippen molar-refractivity contribution in [3.63, 3.8) is 0 Å². The molecule has 1 atom stereocenters. The molecule has 0 bridgehead atoms. The average Bonchev–Trinajstić information content (AvgIpc) is 3.42. The second-order valence-corrected chi connectivity index (χ2v) is 9.35. The van der Waals surface area contributed by atoms with Crippen LogP contribution in [0.1, 0.15) is 11.1 Å². The highest BCUT2D eigenvalue weighted by atomic mass is 32.2. The smallest absolute Gasteiger partial charge is 0.323 e. The molecule has 0 unspecified atom stereocenters. The van der Waals surface area contributed by atoms with E-state index in [1.807, 2.05) is 48.5 Å². The van der Waals surface area contributed by atoms with Crippen molar-refractivity contribution in [2.24, 2.45) is 0 Å². The number of methoxy groups -OCH3 is 2. The van der Waals surface area contributed by atoms with Crippen LogP contribution in [0.4, 0.5) is 16.2 Å². The van der Waals surface area contributed by atoms with Crippen molar-refractivity contribution < 1.29 is 19.1 Å². The van der Waals surface area contributed by atoms with E-state index in [-0.39, 0.29) is 11.9 Å². The van der Waals surface area contributed by atoms with Gasteiger partial charge in [0.25, 0.3) is 5.91 Å². The van der Waals surface area contributed by atoms with Crippen LogP contribution in [0.5, 0.6) is 11.5 Å². The number of nitrogens with one attached hydrogen (secondary N) is 1. The Kier molecular flexibility index (Phi) is 5.83. The Morgan fingerprint density at radius 3 is 2.41 bits per heavy atom. The molecule has 174 valence electrons. The van der Waals surface area contributed by atoms with E-state index in [1.165, 1.54) is 11.8 Å². The van der Waals surface area contributed by atoms with Gasteiger partial charge >= 0.3 is 6.03 Å². The fraction of sp³-hybridized carbons (Fsp3) is 0.231. The highest BCUT2D eigenvalue weighted by Crippen LogP contribution is 2.55. The van der Waals surface area contributed by atoms with Gasteiger partial charge in [0, 0.05) is 23.5 Å². The normalized spacial score (nSPS) is 18.8. The zero-order chi connectivity index (χ0) is 23.7. The molecule has 7 nitrogen and oxygen atoms in total. The number of carbonyl (C=O) groups is 2. The Morgan fingerprint density at radius 1 is 1.00 bits per heavy atom. The molecular weight excluding hydrogens is 450 g/mol. The minimum absolute atomic E-state index is 0.119. The molecule has 3 amide bonds. The lowest BCUT2D eigenvalue weighted by atomic mass is 10.1. The standard InChI is InChI=1S/C26H25N3O4S/c1-32-20-10-8-19(9-11-20)27-25(31)29-14-15-34-26(29)22-16-21(33-2)12-13-23(22)28(24(26)30)17-18-6-4-3-5-7-18/h3-13,16H,14-15,17H2,1-2H3,(H,27,31)/t26-/m0/s1. The molecule has 5 rings (SSSR count). The molecule has 1 saturated heterocycles. The highest BCUT2D eigenvalue weighted by molar-refractivity contribution is 8.01. The molecule has 8 heteroatoms. The number of amides is 3. The highest BCUT2D eigenvalue weighted by Gasteiger charge is 2.59. The first-order chi connectivity index (χ1) is 16.6. The van der Waals surface area contributed by atoms with E-state index in [0.29, 0.717) is 36.0 Å². The number of urea groups is 1. The Labute approximate surface area is 202 Å². The summed E-state index contributed by atoms with van der Waals surface area (Å²) in [4.78, 5) is 29.8. The summed E-state index contributed by atoms with van der Waals surface area (Å²) in [5.74, 6) is 1.88. The van der Waals surface area contributed by atoms with Crippen LogP contribution in [-0.2, 0) is 16.2 Å². The van der Waals surface area contributed by atoms with Crippen LogP contribution >= 0.6 is 11.8 Å². The number of thioether (sulfide) groups is 1. The van der Waals surface area contributed by atoms with E-state index in [4.69, 9.17) is 9.47 Å². The maximum Gasteiger partial charge on any atom is 0.323 e. The van der Waals surface area contributed by atoms with Crippen LogP contribution in [0.25, 0.3) is 0 Å². The molecule has 1 fully saturated rings. The van der Waals surface area contributed by atoms with Gasteiger partial charge in [0.1, 0.15) is 11.5 Å². The molecule has 2 aliphatic heterocycles. The van der Waals surface area contributed by atoms with Gasteiger partial charge in [0.2, 0.25) is 0 Å². The van der Waals surface area contributed by atoms with Crippen LogP contribution in [0.3, 0.4) is 0 Å². The van der Waals surface area contributed by atoms with E-state index >= 15 is 0 Å². The number of hydrogen-bond acceptors (Lipinski definition) is 5. The van der Waals surface area contributed by atoms with Crippen molar-refractivity contribution in [3.05, 3.63) is 83.9 Å². The fourth-order valence-corrected chi connectivity index (χ4v) is 5.96. The SMILES string of the molecule is COc1ccc(NC(=O)N2CCS[C@@]23C(=O)N(Cc2ccccc2)c2ccc(OC)cc23)cc1. The predicted molar refractivity (Wildman–Crippen MR) is 133 cm³/mol. The topological polar surface area (TPSA) is 71.1 Å². The summed E-state index contributed by atoms with van der Waals surface area (Å²) < 4.78 is 10.7. The first kappa shape index (κ1) is 22.2. The summed E-state index contributed by atoms with van der Waals surface area (Å²) >= 11 is 1.49. The summed E-state index contributed by atoms with van der Waals surface area (Å²) in [5.41, 5.74) is 3.23. The van der Waals surface area contributed by atoms with Crippen molar-refractivity contribution in [2.45, 2.75) is 11.4 Å². The Hall–Kier alpha value is -3.65. The van der Waals surface area contributed by atoms with Gasteiger partial charge in [-0.05, 0) is 48.0 Å². The molecule has 0 saturated carbocycles. The van der Waals surface area contributed by atoms with Crippen LogP contribution < -0.4 is 19.7 Å². The summed E-state index contributed by atoms with van der Waals surface area (Å²) in [6.45, 7) is 0.878. The molecule has 0 aromatic heterocycles. The number of fused-ring (bicyclic) bond motifs is 2. The molecule has 3 aromatic carbocycles. The lowest BCUT2D eigenvalue weighted by molar-refractivity contribution is -0.123. The van der Waals surface area contributed by atoms with Crippen molar-refractivity contribution in [1.82, 2.24) is 4.90 Å². The number of carbonyl (C=O) groups excluding carboxylic acids is 2. The van der Waals surface area contributed by atoms with E-state index in [9.17, 15) is 9.59 Å². The van der Waals surface area contributed by atoms with Gasteiger partial charge < -0.3 is 19.7 Å². The number of nitrogens with zero attached hydrogens (tertiary/aromatic N) is 2. The molecular formula is C26H25N3O4S. The summed E-state index contributed by atoms with van der Waals surface area (Å²) in [7, 11) is 3.19. The maximum absolute atomic E-state index is 14.1. The molecule has 2 heterocycles. The number of ether oxygens (including phenoxy) is 2. The lowest BCUT2D eigenvalue weighted by Crippen LogP contribution is -2.51. The van der Waals surface area contributed by atoms with Crippen molar-refractivity contribution in [3.8, 4) is 11.5 Å². The lowest BCUT2D eigenvalue weighted by Gasteiger charge is -2.33. The van der Waals surface area contributed by atoms with Crippen LogP contribution in [0, 0.1) is 0 Å².